The van der Waals surface area contributed by atoms with E-state index in [4.69, 9.17) is 0 Å². The molecule has 0 unspecified atom stereocenters. The van der Waals surface area contributed by atoms with Crippen molar-refractivity contribution in [3.05, 3.63) is 75.8 Å². The Kier molecular flexibility index (Phi) is 5.40. The van der Waals surface area contributed by atoms with Crippen LogP contribution in [0.3, 0.4) is 0 Å². The van der Waals surface area contributed by atoms with Crippen molar-refractivity contribution < 1.29 is 4.92 Å². The second kappa shape index (κ2) is 7.90. The van der Waals surface area contributed by atoms with E-state index in [1.807, 2.05) is 19.1 Å². The first-order valence-corrected chi connectivity index (χ1v) is 8.43. The van der Waals surface area contributed by atoms with Gasteiger partial charge in [0, 0.05) is 50.4 Å². The van der Waals surface area contributed by atoms with Crippen LogP contribution in [0.15, 0.2) is 59.7 Å². The molecule has 1 heterocycles. The lowest BCUT2D eigenvalue weighted by Crippen LogP contribution is -2.43. The van der Waals surface area contributed by atoms with Crippen LogP contribution >= 0.6 is 0 Å². The maximum absolute atomic E-state index is 10.9. The van der Waals surface area contributed by atoms with Crippen LogP contribution < -0.4 is 0 Å². The SMILES string of the molecule is C/C(=N\N1CCN(Cc2ccccc2)CC1)c1cccc([N+](=O)[O-])c1. The van der Waals surface area contributed by atoms with Crippen molar-refractivity contribution in [1.29, 1.82) is 0 Å². The molecule has 0 spiro atoms. The van der Waals surface area contributed by atoms with Gasteiger partial charge in [-0.15, -0.1) is 0 Å². The maximum atomic E-state index is 10.9. The molecule has 2 aromatic carbocycles. The molecule has 6 nitrogen and oxygen atoms in total. The molecule has 6 heteroatoms. The van der Waals surface area contributed by atoms with Crippen molar-refractivity contribution in [1.82, 2.24) is 9.91 Å². The van der Waals surface area contributed by atoms with Gasteiger partial charge < -0.3 is 0 Å². The van der Waals surface area contributed by atoms with E-state index in [0.29, 0.717) is 0 Å². The number of piperazine rings is 1. The number of non-ortho nitro benzene ring substituents is 1. The number of nitro benzene ring substituents is 1. The minimum atomic E-state index is -0.376. The Balaban J connectivity index is 1.58. The third-order valence-electron chi connectivity index (χ3n) is 4.36. The van der Waals surface area contributed by atoms with Gasteiger partial charge in [0.1, 0.15) is 0 Å². The van der Waals surface area contributed by atoms with Crippen LogP contribution in [0.5, 0.6) is 0 Å². The van der Waals surface area contributed by atoms with E-state index in [0.717, 1.165) is 44.0 Å². The average molecular weight is 338 g/mol. The molecule has 1 saturated heterocycles. The molecule has 3 rings (SSSR count). The Bertz CT molecular complexity index is 753. The molecule has 1 fully saturated rings. The highest BCUT2D eigenvalue weighted by molar-refractivity contribution is 5.99. The van der Waals surface area contributed by atoms with Crippen LogP contribution in [0.25, 0.3) is 0 Å². The van der Waals surface area contributed by atoms with E-state index < -0.39 is 0 Å². The second-order valence-electron chi connectivity index (χ2n) is 6.21. The molecular weight excluding hydrogens is 316 g/mol. The van der Waals surface area contributed by atoms with Crippen LogP contribution in [0.1, 0.15) is 18.1 Å². The van der Waals surface area contributed by atoms with Gasteiger partial charge in [-0.2, -0.15) is 5.10 Å². The minimum Gasteiger partial charge on any atom is -0.295 e. The topological polar surface area (TPSA) is 62.0 Å². The molecule has 2 aromatic rings. The van der Waals surface area contributed by atoms with Crippen LogP contribution in [-0.2, 0) is 6.54 Å². The van der Waals surface area contributed by atoms with E-state index in [-0.39, 0.29) is 10.6 Å². The van der Waals surface area contributed by atoms with E-state index in [2.05, 4.69) is 39.3 Å². The van der Waals surface area contributed by atoms with Gasteiger partial charge in [0.05, 0.1) is 10.6 Å². The first-order valence-electron chi connectivity index (χ1n) is 8.43. The van der Waals surface area contributed by atoms with Gasteiger partial charge in [0.25, 0.3) is 5.69 Å². The Labute approximate surface area is 147 Å². The van der Waals surface area contributed by atoms with Gasteiger partial charge in [0.15, 0.2) is 0 Å². The zero-order chi connectivity index (χ0) is 17.6. The number of rotatable bonds is 5. The fourth-order valence-corrected chi connectivity index (χ4v) is 2.95. The summed E-state index contributed by atoms with van der Waals surface area (Å²) < 4.78 is 0. The molecule has 0 atom stereocenters. The zero-order valence-electron chi connectivity index (χ0n) is 14.3. The molecular formula is C19H22N4O2. The Morgan fingerprint density at radius 2 is 1.80 bits per heavy atom. The fraction of sp³-hybridized carbons (Fsp3) is 0.316. The molecule has 0 aliphatic carbocycles. The van der Waals surface area contributed by atoms with Crippen molar-refractivity contribution in [3.8, 4) is 0 Å². The van der Waals surface area contributed by atoms with E-state index in [9.17, 15) is 10.1 Å². The van der Waals surface area contributed by atoms with Gasteiger partial charge in [-0.05, 0) is 12.5 Å². The third-order valence-corrected chi connectivity index (χ3v) is 4.36. The van der Waals surface area contributed by atoms with Crippen LogP contribution in [0.4, 0.5) is 5.69 Å². The fourth-order valence-electron chi connectivity index (χ4n) is 2.95. The summed E-state index contributed by atoms with van der Waals surface area (Å²) in [5.74, 6) is 0. The second-order valence-corrected chi connectivity index (χ2v) is 6.21. The standard InChI is InChI=1S/C19H22N4O2/c1-16(18-8-5-9-19(14-18)23(24)25)20-22-12-10-21(11-13-22)15-17-6-3-2-4-7-17/h2-9,14H,10-13,15H2,1H3/b20-16+. The van der Waals surface area contributed by atoms with Gasteiger partial charge in [0.2, 0.25) is 0 Å². The smallest absolute Gasteiger partial charge is 0.270 e. The molecule has 0 N–H and O–H groups in total. The Morgan fingerprint density at radius 3 is 2.48 bits per heavy atom. The Morgan fingerprint density at radius 1 is 1.08 bits per heavy atom. The summed E-state index contributed by atoms with van der Waals surface area (Å²) in [4.78, 5) is 12.9. The number of nitro groups is 1. The number of benzene rings is 2. The highest BCUT2D eigenvalue weighted by Crippen LogP contribution is 2.15. The highest BCUT2D eigenvalue weighted by Gasteiger charge is 2.16. The monoisotopic (exact) mass is 338 g/mol. The highest BCUT2D eigenvalue weighted by atomic mass is 16.6. The van der Waals surface area contributed by atoms with Crippen molar-refractivity contribution >= 4 is 11.4 Å². The van der Waals surface area contributed by atoms with Crippen molar-refractivity contribution in [2.75, 3.05) is 26.2 Å². The molecule has 0 amide bonds. The summed E-state index contributed by atoms with van der Waals surface area (Å²) in [5, 5.41) is 17.6. The van der Waals surface area contributed by atoms with Gasteiger partial charge in [-0.25, -0.2) is 0 Å². The molecule has 130 valence electrons. The summed E-state index contributed by atoms with van der Waals surface area (Å²) in [7, 11) is 0. The molecule has 0 bridgehead atoms. The predicted molar refractivity (Wildman–Crippen MR) is 98.6 cm³/mol. The van der Waals surface area contributed by atoms with E-state index >= 15 is 0 Å². The van der Waals surface area contributed by atoms with Gasteiger partial charge in [-0.3, -0.25) is 20.0 Å². The van der Waals surface area contributed by atoms with Crippen LogP contribution in [-0.4, -0.2) is 46.7 Å². The van der Waals surface area contributed by atoms with E-state index in [1.165, 1.54) is 11.6 Å². The summed E-state index contributed by atoms with van der Waals surface area (Å²) in [6, 6.07) is 17.1. The molecule has 1 aliphatic rings. The third kappa shape index (κ3) is 4.64. The summed E-state index contributed by atoms with van der Waals surface area (Å²) in [5.41, 5.74) is 3.02. The first-order chi connectivity index (χ1) is 12.1. The average Bonchev–Trinajstić information content (AvgIpc) is 2.64. The predicted octanol–water partition coefficient (Wildman–Crippen LogP) is 3.14. The summed E-state index contributed by atoms with van der Waals surface area (Å²) in [6.45, 7) is 6.50. The van der Waals surface area contributed by atoms with Crippen molar-refractivity contribution in [2.45, 2.75) is 13.5 Å². The summed E-state index contributed by atoms with van der Waals surface area (Å²) in [6.07, 6.45) is 0. The minimum absolute atomic E-state index is 0.0970. The Hall–Kier alpha value is -2.73. The van der Waals surface area contributed by atoms with Crippen molar-refractivity contribution in [3.63, 3.8) is 0 Å². The summed E-state index contributed by atoms with van der Waals surface area (Å²) >= 11 is 0. The number of nitrogens with zero attached hydrogens (tertiary/aromatic N) is 4. The van der Waals surface area contributed by atoms with Crippen LogP contribution in [0, 0.1) is 10.1 Å². The van der Waals surface area contributed by atoms with Gasteiger partial charge in [-0.1, -0.05) is 42.5 Å². The molecule has 0 saturated carbocycles. The van der Waals surface area contributed by atoms with Crippen LogP contribution in [0.2, 0.25) is 0 Å². The zero-order valence-corrected chi connectivity index (χ0v) is 14.3. The first kappa shape index (κ1) is 17.1. The number of hydrogen-bond acceptors (Lipinski definition) is 5. The van der Waals surface area contributed by atoms with Crippen molar-refractivity contribution in [2.24, 2.45) is 5.10 Å². The molecule has 1 aliphatic heterocycles. The lowest BCUT2D eigenvalue weighted by atomic mass is 10.1. The maximum Gasteiger partial charge on any atom is 0.270 e. The molecule has 25 heavy (non-hydrogen) atoms. The lowest BCUT2D eigenvalue weighted by Gasteiger charge is -2.33. The number of hydrogen-bond donors (Lipinski definition) is 0. The largest absolute Gasteiger partial charge is 0.295 e. The normalized spacial score (nSPS) is 16.0. The lowest BCUT2D eigenvalue weighted by molar-refractivity contribution is -0.384. The quantitative estimate of drug-likeness (QED) is 0.477. The molecule has 0 aromatic heterocycles. The van der Waals surface area contributed by atoms with Gasteiger partial charge >= 0.3 is 0 Å². The molecule has 0 radical (unpaired) electrons. The van der Waals surface area contributed by atoms with E-state index in [1.54, 1.807) is 12.1 Å². The number of hydrazone groups is 1.